The van der Waals surface area contributed by atoms with Crippen LogP contribution >= 0.6 is 0 Å². The average molecular weight is 301 g/mol. The number of hydrogen-bond acceptors (Lipinski definition) is 3. The molecule has 0 bridgehead atoms. The maximum Gasteiger partial charge on any atom is 0.224 e. The second-order valence-corrected chi connectivity index (χ2v) is 5.75. The zero-order valence-corrected chi connectivity index (χ0v) is 14.2. The van der Waals surface area contributed by atoms with Gasteiger partial charge in [-0.15, -0.1) is 0 Å². The Bertz CT molecular complexity index is 496. The molecule has 4 heteroatoms. The normalized spacial score (nSPS) is 11.6. The van der Waals surface area contributed by atoms with Crippen molar-refractivity contribution in [1.29, 1.82) is 5.26 Å². The molecule has 0 radical (unpaired) electrons. The molecule has 0 aliphatic rings. The third-order valence-corrected chi connectivity index (χ3v) is 3.69. The largest absolute Gasteiger partial charge is 0.378 e. The highest BCUT2D eigenvalue weighted by Crippen LogP contribution is 2.23. The molecule has 4 nitrogen and oxygen atoms in total. The number of anilines is 1. The maximum absolute atomic E-state index is 12.4. The van der Waals surface area contributed by atoms with Crippen molar-refractivity contribution in [3.8, 4) is 6.07 Å². The van der Waals surface area contributed by atoms with E-state index in [-0.39, 0.29) is 18.2 Å². The number of nitriles is 1. The number of amides is 1. The first-order valence-electron chi connectivity index (χ1n) is 7.98. The summed E-state index contributed by atoms with van der Waals surface area (Å²) in [5, 5.41) is 9.42. The third-order valence-electron chi connectivity index (χ3n) is 3.69. The Morgan fingerprint density at radius 3 is 2.09 bits per heavy atom. The molecule has 0 N–H and O–H groups in total. The lowest BCUT2D eigenvalue weighted by molar-refractivity contribution is -0.131. The van der Waals surface area contributed by atoms with Crippen LogP contribution in [0.3, 0.4) is 0 Å². The molecule has 1 unspecified atom stereocenters. The van der Waals surface area contributed by atoms with Gasteiger partial charge in [0, 0.05) is 39.3 Å². The van der Waals surface area contributed by atoms with E-state index < -0.39 is 0 Å². The Morgan fingerprint density at radius 2 is 1.68 bits per heavy atom. The number of benzene rings is 1. The highest BCUT2D eigenvalue weighted by molar-refractivity contribution is 5.77. The first-order valence-corrected chi connectivity index (χ1v) is 7.98. The predicted octanol–water partition coefficient (Wildman–Crippen LogP) is 3.40. The van der Waals surface area contributed by atoms with Gasteiger partial charge in [0.25, 0.3) is 0 Å². The van der Waals surface area contributed by atoms with E-state index in [4.69, 9.17) is 0 Å². The topological polar surface area (TPSA) is 47.3 Å². The van der Waals surface area contributed by atoms with Crippen molar-refractivity contribution in [2.75, 3.05) is 32.1 Å². The second kappa shape index (κ2) is 9.09. The fourth-order valence-electron chi connectivity index (χ4n) is 2.45. The molecule has 0 aliphatic heterocycles. The zero-order chi connectivity index (χ0) is 16.5. The van der Waals surface area contributed by atoms with Crippen LogP contribution in [0.15, 0.2) is 24.3 Å². The van der Waals surface area contributed by atoms with E-state index in [1.54, 1.807) is 0 Å². The van der Waals surface area contributed by atoms with E-state index in [9.17, 15) is 10.1 Å². The van der Waals surface area contributed by atoms with Crippen molar-refractivity contribution in [3.05, 3.63) is 29.8 Å². The van der Waals surface area contributed by atoms with Gasteiger partial charge >= 0.3 is 0 Å². The lowest BCUT2D eigenvalue weighted by Gasteiger charge is -2.23. The van der Waals surface area contributed by atoms with Crippen LogP contribution in [0.25, 0.3) is 0 Å². The quantitative estimate of drug-likeness (QED) is 0.739. The standard InChI is InChI=1S/C18H27N3O/c1-5-11-21(12-6-2)18(22)13-16(14-19)15-7-9-17(10-8-15)20(3)4/h7-10,16H,5-6,11-13H2,1-4H3. The van der Waals surface area contributed by atoms with Gasteiger partial charge in [0.2, 0.25) is 5.91 Å². The van der Waals surface area contributed by atoms with Crippen LogP contribution in [0, 0.1) is 11.3 Å². The summed E-state index contributed by atoms with van der Waals surface area (Å²) >= 11 is 0. The lowest BCUT2D eigenvalue weighted by Crippen LogP contribution is -2.33. The van der Waals surface area contributed by atoms with Crippen molar-refractivity contribution in [3.63, 3.8) is 0 Å². The number of hydrogen-bond donors (Lipinski definition) is 0. The molecule has 0 heterocycles. The minimum absolute atomic E-state index is 0.0759. The number of carbonyl (C=O) groups excluding carboxylic acids is 1. The summed E-state index contributed by atoms with van der Waals surface area (Å²) in [6.07, 6.45) is 2.15. The van der Waals surface area contributed by atoms with Crippen molar-refractivity contribution in [2.24, 2.45) is 0 Å². The summed E-state index contributed by atoms with van der Waals surface area (Å²) in [6.45, 7) is 5.67. The van der Waals surface area contributed by atoms with Crippen molar-refractivity contribution >= 4 is 11.6 Å². The molecule has 120 valence electrons. The summed E-state index contributed by atoms with van der Waals surface area (Å²) in [7, 11) is 3.96. The van der Waals surface area contributed by atoms with Gasteiger partial charge in [-0.25, -0.2) is 0 Å². The van der Waals surface area contributed by atoms with Crippen LogP contribution in [0.5, 0.6) is 0 Å². The van der Waals surface area contributed by atoms with Gasteiger partial charge in [-0.2, -0.15) is 5.26 Å². The summed E-state index contributed by atoms with van der Waals surface area (Å²) in [5.74, 6) is -0.299. The first kappa shape index (κ1) is 18.0. The van der Waals surface area contributed by atoms with Crippen LogP contribution in [-0.2, 0) is 4.79 Å². The van der Waals surface area contributed by atoms with Gasteiger partial charge in [0.15, 0.2) is 0 Å². The monoisotopic (exact) mass is 301 g/mol. The van der Waals surface area contributed by atoms with E-state index in [2.05, 4.69) is 19.9 Å². The highest BCUT2D eigenvalue weighted by Gasteiger charge is 2.19. The van der Waals surface area contributed by atoms with Crippen molar-refractivity contribution in [1.82, 2.24) is 4.90 Å². The summed E-state index contributed by atoms with van der Waals surface area (Å²) in [6, 6.07) is 10.1. The Kier molecular flexibility index (Phi) is 7.45. The van der Waals surface area contributed by atoms with Crippen LogP contribution in [0.1, 0.15) is 44.6 Å². The predicted molar refractivity (Wildman–Crippen MR) is 90.9 cm³/mol. The van der Waals surface area contributed by atoms with Crippen LogP contribution in [0.2, 0.25) is 0 Å². The molecule has 0 fully saturated rings. The average Bonchev–Trinajstić information content (AvgIpc) is 2.52. The molecule has 1 amide bonds. The Morgan fingerprint density at radius 1 is 1.14 bits per heavy atom. The molecule has 0 aromatic heterocycles. The van der Waals surface area contributed by atoms with E-state index in [0.717, 1.165) is 37.2 Å². The number of nitrogens with zero attached hydrogens (tertiary/aromatic N) is 3. The van der Waals surface area contributed by atoms with Crippen LogP contribution in [0.4, 0.5) is 5.69 Å². The van der Waals surface area contributed by atoms with Crippen LogP contribution < -0.4 is 4.90 Å². The molecule has 1 atom stereocenters. The molecule has 1 aromatic carbocycles. The third kappa shape index (κ3) is 5.07. The van der Waals surface area contributed by atoms with E-state index >= 15 is 0 Å². The van der Waals surface area contributed by atoms with Crippen molar-refractivity contribution < 1.29 is 4.79 Å². The Balaban J connectivity index is 2.79. The zero-order valence-electron chi connectivity index (χ0n) is 14.2. The van der Waals surface area contributed by atoms with Crippen molar-refractivity contribution in [2.45, 2.75) is 39.0 Å². The highest BCUT2D eigenvalue weighted by atomic mass is 16.2. The number of carbonyl (C=O) groups is 1. The Labute approximate surface area is 134 Å². The van der Waals surface area contributed by atoms with Gasteiger partial charge in [0.05, 0.1) is 12.0 Å². The smallest absolute Gasteiger partial charge is 0.224 e. The van der Waals surface area contributed by atoms with E-state index in [1.807, 2.05) is 48.2 Å². The van der Waals surface area contributed by atoms with Gasteiger partial charge in [0.1, 0.15) is 0 Å². The first-order chi connectivity index (χ1) is 10.5. The summed E-state index contributed by atoms with van der Waals surface area (Å²) in [4.78, 5) is 16.3. The number of rotatable bonds is 8. The van der Waals surface area contributed by atoms with E-state index in [1.165, 1.54) is 0 Å². The minimum Gasteiger partial charge on any atom is -0.378 e. The second-order valence-electron chi connectivity index (χ2n) is 5.75. The molecule has 22 heavy (non-hydrogen) atoms. The lowest BCUT2D eigenvalue weighted by atomic mass is 9.96. The van der Waals surface area contributed by atoms with E-state index in [0.29, 0.717) is 0 Å². The SMILES string of the molecule is CCCN(CCC)C(=O)CC(C#N)c1ccc(N(C)C)cc1. The molecule has 1 aromatic rings. The molecule has 0 saturated heterocycles. The van der Waals surface area contributed by atoms with Crippen LogP contribution in [-0.4, -0.2) is 38.0 Å². The Hall–Kier alpha value is -2.02. The summed E-state index contributed by atoms with van der Waals surface area (Å²) < 4.78 is 0. The molecule has 0 spiro atoms. The summed E-state index contributed by atoms with van der Waals surface area (Å²) in [5.41, 5.74) is 2.00. The fraction of sp³-hybridized carbons (Fsp3) is 0.556. The minimum atomic E-state index is -0.375. The van der Waals surface area contributed by atoms with Gasteiger partial charge in [-0.3, -0.25) is 4.79 Å². The fourth-order valence-corrected chi connectivity index (χ4v) is 2.45. The van der Waals surface area contributed by atoms with Gasteiger partial charge < -0.3 is 9.80 Å². The van der Waals surface area contributed by atoms with Gasteiger partial charge in [-0.05, 0) is 30.5 Å². The maximum atomic E-state index is 12.4. The molecule has 0 saturated carbocycles. The molecule has 0 aliphatic carbocycles. The molecular formula is C18H27N3O. The molecular weight excluding hydrogens is 274 g/mol. The molecule has 1 rings (SSSR count). The van der Waals surface area contributed by atoms with Gasteiger partial charge in [-0.1, -0.05) is 26.0 Å².